The summed E-state index contributed by atoms with van der Waals surface area (Å²) >= 11 is 6.08. The number of methoxy groups -OCH3 is 1. The molecular formula is C15H21ClN2O. The Morgan fingerprint density at radius 1 is 1.37 bits per heavy atom. The summed E-state index contributed by atoms with van der Waals surface area (Å²) in [7, 11) is 1.70. The first-order valence-electron chi connectivity index (χ1n) is 6.58. The van der Waals surface area contributed by atoms with Crippen LogP contribution in [0.5, 0.6) is 0 Å². The van der Waals surface area contributed by atoms with E-state index in [1.807, 2.05) is 12.1 Å². The quantitative estimate of drug-likeness (QED) is 0.874. The minimum atomic E-state index is 0.543. The molecular weight excluding hydrogens is 260 g/mol. The summed E-state index contributed by atoms with van der Waals surface area (Å²) in [5.41, 5.74) is 2.40. The second-order valence-electron chi connectivity index (χ2n) is 5.23. The summed E-state index contributed by atoms with van der Waals surface area (Å²) in [6.45, 7) is 6.85. The smallest absolute Gasteiger partial charge is 0.122 e. The van der Waals surface area contributed by atoms with Crippen LogP contribution < -0.4 is 5.32 Å². The first-order chi connectivity index (χ1) is 9.11. The van der Waals surface area contributed by atoms with Gasteiger partial charge < -0.3 is 14.6 Å². The van der Waals surface area contributed by atoms with E-state index in [4.69, 9.17) is 16.3 Å². The summed E-state index contributed by atoms with van der Waals surface area (Å²) in [5.74, 6) is 0.654. The van der Waals surface area contributed by atoms with E-state index >= 15 is 0 Å². The highest BCUT2D eigenvalue weighted by molar-refractivity contribution is 6.31. The Labute approximate surface area is 119 Å². The first kappa shape index (κ1) is 14.4. The lowest BCUT2D eigenvalue weighted by atomic mass is 10.1. The van der Waals surface area contributed by atoms with Gasteiger partial charge in [0.2, 0.25) is 0 Å². The van der Waals surface area contributed by atoms with Gasteiger partial charge in [0.25, 0.3) is 0 Å². The molecule has 1 N–H and O–H groups in total. The molecule has 19 heavy (non-hydrogen) atoms. The Bertz CT molecular complexity index is 548. The van der Waals surface area contributed by atoms with E-state index in [1.54, 1.807) is 7.11 Å². The van der Waals surface area contributed by atoms with Crippen LogP contribution in [0.15, 0.2) is 24.4 Å². The van der Waals surface area contributed by atoms with Crippen molar-refractivity contribution in [2.75, 3.05) is 13.7 Å². The molecule has 4 heteroatoms. The van der Waals surface area contributed by atoms with E-state index in [2.05, 4.69) is 36.0 Å². The Kier molecular flexibility index (Phi) is 4.86. The molecule has 2 aromatic rings. The van der Waals surface area contributed by atoms with Gasteiger partial charge in [-0.1, -0.05) is 31.5 Å². The predicted molar refractivity (Wildman–Crippen MR) is 80.5 cm³/mol. The molecule has 0 saturated carbocycles. The molecule has 3 nitrogen and oxygen atoms in total. The molecule has 1 aromatic heterocycles. The number of fused-ring (bicyclic) bond motifs is 1. The molecule has 0 spiro atoms. The lowest BCUT2D eigenvalue weighted by molar-refractivity contribution is 0.134. The van der Waals surface area contributed by atoms with Crippen molar-refractivity contribution in [3.05, 3.63) is 35.0 Å². The zero-order chi connectivity index (χ0) is 13.8. The van der Waals surface area contributed by atoms with Crippen molar-refractivity contribution in [2.45, 2.75) is 27.1 Å². The molecule has 2 rings (SSSR count). The predicted octanol–water partition coefficient (Wildman–Crippen LogP) is 3.64. The number of aromatic nitrogens is 1. The van der Waals surface area contributed by atoms with Crippen LogP contribution in [0.1, 0.15) is 19.4 Å². The standard InChI is InChI=1S/C15H21ClN2O/c1-11(2)7-17-8-12-9-18(10-19-3)15-6-13(16)4-5-14(12)15/h4-6,9,11,17H,7-8,10H2,1-3H3. The normalized spacial score (nSPS) is 11.6. The summed E-state index contributed by atoms with van der Waals surface area (Å²) in [6, 6.07) is 6.01. The minimum Gasteiger partial charge on any atom is -0.364 e. The van der Waals surface area contributed by atoms with E-state index in [0.29, 0.717) is 12.6 Å². The van der Waals surface area contributed by atoms with Crippen molar-refractivity contribution in [3.8, 4) is 0 Å². The molecule has 0 aliphatic rings. The highest BCUT2D eigenvalue weighted by atomic mass is 35.5. The first-order valence-corrected chi connectivity index (χ1v) is 6.96. The van der Waals surface area contributed by atoms with Crippen molar-refractivity contribution in [1.29, 1.82) is 0 Å². The molecule has 1 heterocycles. The molecule has 0 aliphatic carbocycles. The van der Waals surface area contributed by atoms with Gasteiger partial charge in [-0.25, -0.2) is 0 Å². The SMILES string of the molecule is COCn1cc(CNCC(C)C)c2ccc(Cl)cc21. The maximum Gasteiger partial charge on any atom is 0.122 e. The fraction of sp³-hybridized carbons (Fsp3) is 0.467. The molecule has 0 unspecified atom stereocenters. The van der Waals surface area contributed by atoms with Crippen LogP contribution in [0.4, 0.5) is 0 Å². The van der Waals surface area contributed by atoms with Crippen LogP contribution in [0.2, 0.25) is 5.02 Å². The molecule has 0 radical (unpaired) electrons. The Morgan fingerprint density at radius 2 is 2.16 bits per heavy atom. The largest absolute Gasteiger partial charge is 0.364 e. The fourth-order valence-electron chi connectivity index (χ4n) is 2.22. The average molecular weight is 281 g/mol. The van der Waals surface area contributed by atoms with Crippen LogP contribution in [0, 0.1) is 5.92 Å². The third kappa shape index (κ3) is 3.50. The number of rotatable bonds is 6. The van der Waals surface area contributed by atoms with Gasteiger partial charge in [0.15, 0.2) is 0 Å². The molecule has 0 atom stereocenters. The number of nitrogens with zero attached hydrogens (tertiary/aromatic N) is 1. The van der Waals surface area contributed by atoms with Crippen molar-refractivity contribution in [3.63, 3.8) is 0 Å². The number of hydrogen-bond acceptors (Lipinski definition) is 2. The average Bonchev–Trinajstić information content (AvgIpc) is 2.67. The van der Waals surface area contributed by atoms with Gasteiger partial charge in [-0.3, -0.25) is 0 Å². The van der Waals surface area contributed by atoms with Crippen LogP contribution >= 0.6 is 11.6 Å². The third-order valence-corrected chi connectivity index (χ3v) is 3.30. The zero-order valence-electron chi connectivity index (χ0n) is 11.7. The topological polar surface area (TPSA) is 26.2 Å². The van der Waals surface area contributed by atoms with Gasteiger partial charge in [-0.05, 0) is 30.2 Å². The second kappa shape index (κ2) is 6.42. The van der Waals surface area contributed by atoms with Gasteiger partial charge in [0.1, 0.15) is 6.73 Å². The number of hydrogen-bond donors (Lipinski definition) is 1. The zero-order valence-corrected chi connectivity index (χ0v) is 12.5. The molecule has 1 aromatic carbocycles. The Hall–Kier alpha value is -1.03. The molecule has 0 saturated heterocycles. The summed E-state index contributed by atoms with van der Waals surface area (Å²) in [6.07, 6.45) is 2.14. The van der Waals surface area contributed by atoms with Crippen LogP contribution in [0.3, 0.4) is 0 Å². The minimum absolute atomic E-state index is 0.543. The Morgan fingerprint density at radius 3 is 2.84 bits per heavy atom. The highest BCUT2D eigenvalue weighted by Crippen LogP contribution is 2.25. The van der Waals surface area contributed by atoms with Crippen molar-refractivity contribution < 1.29 is 4.74 Å². The highest BCUT2D eigenvalue weighted by Gasteiger charge is 2.08. The van der Waals surface area contributed by atoms with Gasteiger partial charge in [-0.15, -0.1) is 0 Å². The van der Waals surface area contributed by atoms with E-state index in [9.17, 15) is 0 Å². The van der Waals surface area contributed by atoms with Gasteiger partial charge in [0.05, 0.1) is 5.52 Å². The van der Waals surface area contributed by atoms with Gasteiger partial charge in [-0.2, -0.15) is 0 Å². The van der Waals surface area contributed by atoms with Gasteiger partial charge in [0, 0.05) is 30.3 Å². The summed E-state index contributed by atoms with van der Waals surface area (Å²) < 4.78 is 7.32. The third-order valence-electron chi connectivity index (χ3n) is 3.06. The summed E-state index contributed by atoms with van der Waals surface area (Å²) in [5, 5.41) is 5.46. The fourth-order valence-corrected chi connectivity index (χ4v) is 2.39. The lowest BCUT2D eigenvalue weighted by Crippen LogP contribution is -2.18. The molecule has 104 valence electrons. The van der Waals surface area contributed by atoms with Crippen LogP contribution in [-0.2, 0) is 18.0 Å². The Balaban J connectivity index is 2.27. The number of benzene rings is 1. The van der Waals surface area contributed by atoms with Gasteiger partial charge >= 0.3 is 0 Å². The van der Waals surface area contributed by atoms with E-state index in [0.717, 1.165) is 23.6 Å². The van der Waals surface area contributed by atoms with E-state index in [1.165, 1.54) is 10.9 Å². The van der Waals surface area contributed by atoms with E-state index < -0.39 is 0 Å². The van der Waals surface area contributed by atoms with E-state index in [-0.39, 0.29) is 0 Å². The number of halogens is 1. The molecule has 0 fully saturated rings. The number of nitrogens with one attached hydrogen (secondary N) is 1. The maximum atomic E-state index is 6.08. The maximum absolute atomic E-state index is 6.08. The van der Waals surface area contributed by atoms with Crippen molar-refractivity contribution in [1.82, 2.24) is 9.88 Å². The van der Waals surface area contributed by atoms with Crippen LogP contribution in [0.25, 0.3) is 10.9 Å². The summed E-state index contributed by atoms with van der Waals surface area (Å²) in [4.78, 5) is 0. The monoisotopic (exact) mass is 280 g/mol. The second-order valence-corrected chi connectivity index (χ2v) is 5.66. The molecule has 0 bridgehead atoms. The molecule has 0 amide bonds. The lowest BCUT2D eigenvalue weighted by Gasteiger charge is -2.06. The van der Waals surface area contributed by atoms with Crippen LogP contribution in [-0.4, -0.2) is 18.2 Å². The molecule has 0 aliphatic heterocycles. The van der Waals surface area contributed by atoms with Crippen molar-refractivity contribution in [2.24, 2.45) is 5.92 Å². The number of ether oxygens (including phenoxy) is 1. The van der Waals surface area contributed by atoms with Crippen molar-refractivity contribution >= 4 is 22.5 Å².